The second-order valence-corrected chi connectivity index (χ2v) is 77.5. The number of hydrogen-bond donors (Lipinski definition) is 4. The average molecular weight is 2280 g/mol. The molecule has 4 aliphatic heterocycles. The fourth-order valence-electron chi connectivity index (χ4n) is 15.7. The van der Waals surface area contributed by atoms with Crippen LogP contribution in [-0.2, 0) is 134 Å². The van der Waals surface area contributed by atoms with E-state index in [1.54, 1.807) is 0 Å². The number of fused-ring (bicyclic) bond motifs is 4. The third kappa shape index (κ3) is 36.4. The average Bonchev–Trinajstić information content (AvgIpc) is 0.682. The van der Waals surface area contributed by atoms with Crippen LogP contribution in [0.1, 0.15) is 25.7 Å². The lowest BCUT2D eigenvalue weighted by Gasteiger charge is -2.58. The Morgan fingerprint density at radius 3 is 0.560 bits per heavy atom. The Labute approximate surface area is 889 Å². The molecule has 4 amide bonds. The molecule has 0 atom stereocenters. The summed E-state index contributed by atoms with van der Waals surface area (Å²) in [6.45, 7) is 29.9. The largest absolute Gasteiger partial charge is 0.515 e. The third-order valence-corrected chi connectivity index (χ3v) is 71.8. The number of esters is 4. The molecular weight excluding hydrogens is 2140 g/mol. The first-order chi connectivity index (χ1) is 72.1. The van der Waals surface area contributed by atoms with E-state index < -0.39 is 152 Å². The van der Waals surface area contributed by atoms with Crippen LogP contribution in [0, 0.1) is 0 Å². The number of amides is 4. The first kappa shape index (κ1) is 120. The molecule has 4 bridgehead atoms. The normalized spacial score (nSPS) is 21.2. The maximum atomic E-state index is 12.9. The highest BCUT2D eigenvalue weighted by molar-refractivity contribution is 7.11. The van der Waals surface area contributed by atoms with Crippen molar-refractivity contribution in [2.24, 2.45) is 0 Å². The fraction of sp³-hybridized carbons (Fsp3) is 0.360. The van der Waals surface area contributed by atoms with Crippen LogP contribution in [0.5, 0.6) is 0 Å². The number of carbonyl (C=O) groups excluding carboxylic acids is 8. The molecule has 0 aromatic heterocycles. The topological polar surface area (TPSA) is 425 Å². The molecule has 12 rings (SSSR count). The SMILES string of the molecule is C=CC(=O)OCCNC(=O)OCCOCCC[Si](C)(C)O[Si]1(c2ccccc2)O[Si]2(c3ccccc3)O[Si](O[Si](C)(C)CCCOCCOC(=O)NCCOC(=O)C=C)(c3ccccc3)O[Si](c3ccccc3)(O1)O[Si]1(c3ccccc3)O[Si](O[Si](C)(C)CCCOCCOC(=O)NCCOC(=O)C=C)(c3ccccc3)O[Si](c3ccccc3)(O[Si](O[Si](C)(C)CCCOCCOC(=O)NCCOC(=O)C=C)(c3ccccc3)O1)O2. The number of benzene rings is 8. The van der Waals surface area contributed by atoms with E-state index in [1.165, 1.54) is 0 Å². The molecule has 0 unspecified atom stereocenters. The predicted octanol–water partition coefficient (Wildman–Crippen LogP) is 9.30. The summed E-state index contributed by atoms with van der Waals surface area (Å²) in [6.07, 6.45) is 2.69. The monoisotopic (exact) mass is 2270 g/mol. The van der Waals surface area contributed by atoms with Crippen LogP contribution in [0.4, 0.5) is 19.2 Å². The van der Waals surface area contributed by atoms with Gasteiger partial charge in [-0.25, -0.2) is 38.4 Å². The molecule has 4 aliphatic rings. The van der Waals surface area contributed by atoms with Crippen LogP contribution in [0.25, 0.3) is 0 Å². The van der Waals surface area contributed by atoms with E-state index in [0.29, 0.717) is 91.4 Å². The predicted molar refractivity (Wildman–Crippen MR) is 583 cm³/mol. The molecular formula is C100H136N4O34Si12. The van der Waals surface area contributed by atoms with Crippen LogP contribution in [-0.4, -0.2) is 284 Å². The summed E-state index contributed by atoms with van der Waals surface area (Å²) in [5.41, 5.74) is 0. The van der Waals surface area contributed by atoms with Gasteiger partial charge in [-0.15, -0.1) is 0 Å². The minimum Gasteiger partial charge on any atom is -0.461 e. The number of hydrogen-bond acceptors (Lipinski definition) is 34. The number of alkyl carbamates (subject to hydrolysis) is 4. The van der Waals surface area contributed by atoms with Gasteiger partial charge in [0.15, 0.2) is 33.3 Å². The molecule has 4 saturated heterocycles. The Morgan fingerprint density at radius 2 is 0.393 bits per heavy atom. The van der Waals surface area contributed by atoms with Crippen molar-refractivity contribution in [3.05, 3.63) is 293 Å². The van der Waals surface area contributed by atoms with Crippen molar-refractivity contribution >= 4 is 193 Å². The summed E-state index contributed by atoms with van der Waals surface area (Å²) in [5, 5.41) is 13.0. The summed E-state index contributed by atoms with van der Waals surface area (Å²) >= 11 is 0. The van der Waals surface area contributed by atoms with Gasteiger partial charge in [0.25, 0.3) is 0 Å². The lowest BCUT2D eigenvalue weighted by Crippen LogP contribution is -2.91. The quantitative estimate of drug-likeness (QED) is 0.00906. The highest BCUT2D eigenvalue weighted by atomic mass is 28.6. The number of carbonyl (C=O) groups is 8. The molecule has 38 nitrogen and oxygen atoms in total. The van der Waals surface area contributed by atoms with Crippen molar-refractivity contribution in [3.8, 4) is 0 Å². The summed E-state index contributed by atoms with van der Waals surface area (Å²) < 4.78 is 192. The zero-order chi connectivity index (χ0) is 107. The molecule has 0 spiro atoms. The molecule has 0 radical (unpaired) electrons. The number of nitrogens with one attached hydrogen (secondary N) is 4. The van der Waals surface area contributed by atoms with E-state index in [1.807, 2.05) is 243 Å². The van der Waals surface area contributed by atoms with Crippen LogP contribution in [0.15, 0.2) is 293 Å². The van der Waals surface area contributed by atoms with E-state index in [-0.39, 0.29) is 132 Å². The van der Waals surface area contributed by atoms with E-state index in [2.05, 4.69) is 100.0 Å². The van der Waals surface area contributed by atoms with Crippen LogP contribution in [0.2, 0.25) is 76.6 Å². The Morgan fingerprint density at radius 1 is 0.227 bits per heavy atom. The Bertz CT molecular complexity index is 4910. The Balaban J connectivity index is 1.17. The number of rotatable bonds is 60. The summed E-state index contributed by atoms with van der Waals surface area (Å²) in [7, 11) is -59.3. The van der Waals surface area contributed by atoms with Crippen molar-refractivity contribution in [2.45, 2.75) is 102 Å². The van der Waals surface area contributed by atoms with Gasteiger partial charge in [0.1, 0.15) is 52.9 Å². The van der Waals surface area contributed by atoms with Gasteiger partial charge in [0, 0.05) is 92.2 Å². The number of ether oxygens (including phenoxy) is 12. The van der Waals surface area contributed by atoms with Gasteiger partial charge in [0.05, 0.1) is 52.6 Å². The van der Waals surface area contributed by atoms with Crippen LogP contribution in [0.3, 0.4) is 0 Å². The maximum Gasteiger partial charge on any atom is 0.515 e. The van der Waals surface area contributed by atoms with E-state index in [9.17, 15) is 46.6 Å². The van der Waals surface area contributed by atoms with Crippen molar-refractivity contribution in [1.82, 2.24) is 21.3 Å². The Kier molecular flexibility index (Phi) is 46.8. The molecule has 8 aromatic carbocycles. The van der Waals surface area contributed by atoms with Gasteiger partial charge < -0.3 is 136 Å². The lowest BCUT2D eigenvalue weighted by atomic mass is 10.4. The second-order valence-electron chi connectivity index (χ2n) is 36.4. The fourth-order valence-corrected chi connectivity index (χ4v) is 76.2. The minimum atomic E-state index is -5.85. The first-order valence-corrected chi connectivity index (χ1v) is 75.8. The molecule has 4 fully saturated rings. The Hall–Kier alpha value is -10.4. The van der Waals surface area contributed by atoms with Gasteiger partial charge in [-0.1, -0.05) is 269 Å². The second kappa shape index (κ2) is 58.6. The van der Waals surface area contributed by atoms with Crippen molar-refractivity contribution < 1.29 is 153 Å². The van der Waals surface area contributed by atoms with E-state index >= 15 is 0 Å². The van der Waals surface area contributed by atoms with E-state index in [0.717, 1.165) is 24.3 Å². The molecule has 0 saturated carbocycles. The van der Waals surface area contributed by atoms with Gasteiger partial charge in [-0.2, -0.15) is 0 Å². The first-order valence-electron chi connectivity index (χ1n) is 49.5. The zero-order valence-electron chi connectivity index (χ0n) is 85.9. The van der Waals surface area contributed by atoms with Crippen molar-refractivity contribution in [3.63, 3.8) is 0 Å². The van der Waals surface area contributed by atoms with Gasteiger partial charge in [0.2, 0.25) is 0 Å². The molecule has 4 heterocycles. The molecule has 4 N–H and O–H groups in total. The summed E-state index contributed by atoms with van der Waals surface area (Å²) in [4.78, 5) is 98.3. The maximum absolute atomic E-state index is 12.9. The molecule has 150 heavy (non-hydrogen) atoms. The van der Waals surface area contributed by atoms with Gasteiger partial charge >= 0.3 is 119 Å². The highest BCUT2D eigenvalue weighted by Gasteiger charge is 2.81. The lowest BCUT2D eigenvalue weighted by molar-refractivity contribution is -0.138. The smallest absolute Gasteiger partial charge is 0.461 e. The van der Waals surface area contributed by atoms with Gasteiger partial charge in [-0.05, 0) is 102 Å². The van der Waals surface area contributed by atoms with Crippen LogP contribution < -0.4 is 62.8 Å². The standard InChI is InChI=1S/C100H136N4O34Si12/c1-13-93(105)117-69-61-101-97(109)121-77-73-113-65-41-81-139(5,6)125-143(85-45-25-17-26-46-85)129-147(89-53-33-21-34-54-89)131-144(86-47-27-18-28-48-86,126-140(7,8)82-42-66-114-74-78-122-98(110)102-62-70-118-94(106)14-2)132-148(130-143,90-55-35-22-36-56-90)138-150(92-59-39-24-40-60-92)134-145(87-49-29-19-30-50-87,127-141(9,10)83-43-67-115-75-79-123-99(111)103-63-71-119-95(107)15-3)133-149(137-147,91-57-37-23-38-58-91)135-146(136-150,88-51-31-20-32-52-88)128-142(11,12)84-44-68-116-76-80-124-100(112)104-64-72-120-96(108)16-4/h13-40,45-60H,1-4,41-44,61-84H2,5-12H3,(H,101,109)(H,102,110)(H,103,111)(H,104,112). The zero-order valence-corrected chi connectivity index (χ0v) is 97.9. The molecule has 50 heteroatoms. The highest BCUT2D eigenvalue weighted by Crippen LogP contribution is 2.46. The third-order valence-electron chi connectivity index (χ3n) is 22.6. The van der Waals surface area contributed by atoms with Crippen LogP contribution >= 0.6 is 0 Å². The van der Waals surface area contributed by atoms with Crippen molar-refractivity contribution in [2.75, 3.05) is 132 Å². The van der Waals surface area contributed by atoms with Crippen molar-refractivity contribution in [1.29, 1.82) is 0 Å². The van der Waals surface area contributed by atoms with E-state index in [4.69, 9.17) is 106 Å². The molecule has 808 valence electrons. The molecule has 8 aromatic rings. The summed E-state index contributed by atoms with van der Waals surface area (Å²) in [5.74, 6) is -2.54. The summed E-state index contributed by atoms with van der Waals surface area (Å²) in [6, 6.07) is 76.0. The molecule has 0 aliphatic carbocycles. The minimum absolute atomic E-state index is 0.00205. The van der Waals surface area contributed by atoms with Gasteiger partial charge in [-0.3, -0.25) is 0 Å².